The van der Waals surface area contributed by atoms with Crippen molar-refractivity contribution in [2.75, 3.05) is 39.6 Å². The summed E-state index contributed by atoms with van der Waals surface area (Å²) in [5.74, 6) is 0.345. The molecule has 101 heavy (non-hydrogen) atoms. The first kappa shape index (κ1) is 99.1. The number of aliphatic hydroxyl groups is 1. The number of phosphoric acid groups is 2. The van der Waals surface area contributed by atoms with Crippen molar-refractivity contribution in [1.82, 2.24) is 0 Å². The van der Waals surface area contributed by atoms with Crippen LogP contribution in [-0.4, -0.2) is 96.7 Å². The highest BCUT2D eigenvalue weighted by molar-refractivity contribution is 7.47. The van der Waals surface area contributed by atoms with Gasteiger partial charge < -0.3 is 33.8 Å². The number of hydrogen-bond donors (Lipinski definition) is 3. The fourth-order valence-corrected chi connectivity index (χ4v) is 14.2. The number of rotatable bonds is 80. The molecule has 0 saturated carbocycles. The number of carbonyl (C=O) groups excluding carboxylic acids is 4. The van der Waals surface area contributed by atoms with Gasteiger partial charge in [-0.25, -0.2) is 9.13 Å². The summed E-state index contributed by atoms with van der Waals surface area (Å²) in [6.45, 7) is 12.0. The second kappa shape index (κ2) is 72.3. The van der Waals surface area contributed by atoms with Gasteiger partial charge in [0.2, 0.25) is 0 Å². The summed E-state index contributed by atoms with van der Waals surface area (Å²) in [4.78, 5) is 72.8. The van der Waals surface area contributed by atoms with E-state index >= 15 is 0 Å². The molecule has 0 aromatic heterocycles. The zero-order valence-corrected chi connectivity index (χ0v) is 68.2. The van der Waals surface area contributed by atoms with E-state index in [0.29, 0.717) is 25.7 Å². The number of hydrogen-bond acceptors (Lipinski definition) is 15. The van der Waals surface area contributed by atoms with Crippen molar-refractivity contribution in [2.24, 2.45) is 17.8 Å². The molecule has 0 bridgehead atoms. The second-order valence-corrected chi connectivity index (χ2v) is 33.6. The van der Waals surface area contributed by atoms with Gasteiger partial charge in [-0.2, -0.15) is 0 Å². The number of ether oxygens (including phenoxy) is 4. The average Bonchev–Trinajstić information content (AvgIpc) is 0.960. The highest BCUT2D eigenvalue weighted by atomic mass is 31.2. The van der Waals surface area contributed by atoms with Crippen molar-refractivity contribution < 1.29 is 80.2 Å². The normalized spacial score (nSPS) is 14.2. The molecular formula is C82H160O17P2. The molecular weight excluding hydrogens is 1320 g/mol. The van der Waals surface area contributed by atoms with Crippen LogP contribution >= 0.6 is 15.6 Å². The molecule has 0 heterocycles. The molecule has 3 N–H and O–H groups in total. The van der Waals surface area contributed by atoms with Crippen LogP contribution < -0.4 is 0 Å². The standard InChI is InChI=1S/C82H160O17P2/c1-8-10-11-46-56-63-79(84)92-69-77(98-81(86)65-58-52-45-39-33-27-20-18-23-29-35-41-48-54-61-74(5)6)71-96-100(88,89)94-67-76(83)68-95-101(90,91)97-72-78(70-93-80(85)64-57-50-43-37-31-25-21-19-24-30-36-42-49-55-62-75(7)9-2)99-82(87)66-59-51-44-38-32-26-17-15-13-12-14-16-22-28-34-40-47-53-60-73(3)4/h73-78,83H,8-72H2,1-7H3,(H,88,89)(H,90,91)/t75?,76-,77+,78+/m0/s1. The van der Waals surface area contributed by atoms with E-state index in [-0.39, 0.29) is 25.7 Å². The number of phosphoric ester groups is 2. The van der Waals surface area contributed by atoms with Crippen molar-refractivity contribution in [3.05, 3.63) is 0 Å². The third kappa shape index (κ3) is 74.7. The molecule has 0 amide bonds. The van der Waals surface area contributed by atoms with Gasteiger partial charge in [-0.3, -0.25) is 37.3 Å². The van der Waals surface area contributed by atoms with Crippen LogP contribution in [0.5, 0.6) is 0 Å². The van der Waals surface area contributed by atoms with Gasteiger partial charge in [0.25, 0.3) is 0 Å². The number of esters is 4. The topological polar surface area (TPSA) is 237 Å². The van der Waals surface area contributed by atoms with E-state index in [2.05, 4.69) is 48.5 Å². The smallest absolute Gasteiger partial charge is 0.462 e. The molecule has 0 aliphatic carbocycles. The van der Waals surface area contributed by atoms with Crippen LogP contribution in [0.15, 0.2) is 0 Å². The highest BCUT2D eigenvalue weighted by Gasteiger charge is 2.30. The van der Waals surface area contributed by atoms with Crippen LogP contribution in [0.3, 0.4) is 0 Å². The maximum Gasteiger partial charge on any atom is 0.472 e. The molecule has 600 valence electrons. The summed E-state index contributed by atoms with van der Waals surface area (Å²) in [6, 6.07) is 0. The monoisotopic (exact) mass is 1480 g/mol. The molecule has 17 nitrogen and oxygen atoms in total. The Morgan fingerprint density at radius 1 is 0.287 bits per heavy atom. The van der Waals surface area contributed by atoms with Gasteiger partial charge >= 0.3 is 39.5 Å². The third-order valence-corrected chi connectivity index (χ3v) is 21.4. The number of unbranched alkanes of at least 4 members (excludes halogenated alkanes) is 47. The summed E-state index contributed by atoms with van der Waals surface area (Å²) in [5.41, 5.74) is 0. The quantitative estimate of drug-likeness (QED) is 0.0222. The van der Waals surface area contributed by atoms with Gasteiger partial charge in [0, 0.05) is 25.7 Å². The van der Waals surface area contributed by atoms with Gasteiger partial charge in [-0.15, -0.1) is 0 Å². The summed E-state index contributed by atoms with van der Waals surface area (Å²) < 4.78 is 68.5. The lowest BCUT2D eigenvalue weighted by Crippen LogP contribution is -2.30. The van der Waals surface area contributed by atoms with Crippen LogP contribution in [-0.2, 0) is 65.4 Å². The zero-order chi connectivity index (χ0) is 74.4. The SMILES string of the molecule is CCCCCCCC(=O)OC[C@H](COP(=O)(O)OC[C@H](O)COP(=O)(O)OC[C@@H](COC(=O)CCCCCCCCCCCCCCCCC(C)CC)OC(=O)CCCCCCCCCCCCCCCCCCCCC(C)C)OC(=O)CCCCCCCCCCCCCCCCC(C)C. The Balaban J connectivity index is 5.12. The molecule has 0 aliphatic heterocycles. The summed E-state index contributed by atoms with van der Waals surface area (Å²) >= 11 is 0. The lowest BCUT2D eigenvalue weighted by Gasteiger charge is -2.21. The van der Waals surface area contributed by atoms with Gasteiger partial charge in [-0.1, -0.05) is 376 Å². The molecule has 6 atom stereocenters. The first-order chi connectivity index (χ1) is 48.8. The van der Waals surface area contributed by atoms with Crippen LogP contribution in [0.25, 0.3) is 0 Å². The van der Waals surface area contributed by atoms with Gasteiger partial charge in [0.15, 0.2) is 12.2 Å². The van der Waals surface area contributed by atoms with E-state index in [9.17, 15) is 43.2 Å². The van der Waals surface area contributed by atoms with Crippen molar-refractivity contribution in [2.45, 2.75) is 446 Å². The Labute approximate surface area is 619 Å². The lowest BCUT2D eigenvalue weighted by molar-refractivity contribution is -0.161. The van der Waals surface area contributed by atoms with E-state index in [1.54, 1.807) is 0 Å². The predicted octanol–water partition coefficient (Wildman–Crippen LogP) is 24.5. The second-order valence-electron chi connectivity index (χ2n) is 30.7. The summed E-state index contributed by atoms with van der Waals surface area (Å²) in [7, 11) is -9.91. The van der Waals surface area contributed by atoms with Gasteiger partial charge in [0.05, 0.1) is 26.4 Å². The first-order valence-corrected chi connectivity index (χ1v) is 45.4. The molecule has 0 fully saturated rings. The average molecular weight is 1480 g/mol. The Hall–Kier alpha value is -1.94. The van der Waals surface area contributed by atoms with Crippen molar-refractivity contribution in [1.29, 1.82) is 0 Å². The van der Waals surface area contributed by atoms with Crippen molar-refractivity contribution in [3.63, 3.8) is 0 Å². The summed E-state index contributed by atoms with van der Waals surface area (Å²) in [5, 5.41) is 10.6. The Morgan fingerprint density at radius 3 is 0.752 bits per heavy atom. The van der Waals surface area contributed by atoms with Crippen LogP contribution in [0.4, 0.5) is 0 Å². The van der Waals surface area contributed by atoms with Gasteiger partial charge in [0.1, 0.15) is 19.3 Å². The number of aliphatic hydroxyl groups excluding tert-OH is 1. The van der Waals surface area contributed by atoms with Crippen LogP contribution in [0.2, 0.25) is 0 Å². The summed E-state index contributed by atoms with van der Waals surface area (Å²) in [6.07, 6.45) is 61.5. The molecule has 0 aliphatic rings. The highest BCUT2D eigenvalue weighted by Crippen LogP contribution is 2.45. The van der Waals surface area contributed by atoms with Crippen LogP contribution in [0.1, 0.15) is 427 Å². The zero-order valence-electron chi connectivity index (χ0n) is 66.4. The van der Waals surface area contributed by atoms with E-state index in [0.717, 1.165) is 114 Å². The van der Waals surface area contributed by atoms with E-state index in [1.165, 1.54) is 231 Å². The minimum absolute atomic E-state index is 0.107. The molecule has 19 heteroatoms. The molecule has 0 rings (SSSR count). The fraction of sp³-hybridized carbons (Fsp3) is 0.951. The minimum Gasteiger partial charge on any atom is -0.462 e. The van der Waals surface area contributed by atoms with Gasteiger partial charge in [-0.05, 0) is 43.4 Å². The molecule has 0 saturated heterocycles. The molecule has 0 aromatic rings. The largest absolute Gasteiger partial charge is 0.472 e. The number of carbonyl (C=O) groups is 4. The van der Waals surface area contributed by atoms with Crippen LogP contribution in [0, 0.1) is 17.8 Å². The molecule has 0 aromatic carbocycles. The minimum atomic E-state index is -4.96. The Kier molecular flexibility index (Phi) is 70.9. The van der Waals surface area contributed by atoms with E-state index in [4.69, 9.17) is 37.0 Å². The molecule has 3 unspecified atom stereocenters. The third-order valence-electron chi connectivity index (χ3n) is 19.5. The lowest BCUT2D eigenvalue weighted by atomic mass is 9.99. The molecule has 0 spiro atoms. The Bertz CT molecular complexity index is 1960. The molecule has 0 radical (unpaired) electrons. The van der Waals surface area contributed by atoms with E-state index < -0.39 is 97.5 Å². The van der Waals surface area contributed by atoms with Crippen molar-refractivity contribution in [3.8, 4) is 0 Å². The van der Waals surface area contributed by atoms with Crippen molar-refractivity contribution >= 4 is 39.5 Å². The van der Waals surface area contributed by atoms with E-state index in [1.807, 2.05) is 0 Å². The first-order valence-electron chi connectivity index (χ1n) is 42.4. The fourth-order valence-electron chi connectivity index (χ4n) is 12.6. The predicted molar refractivity (Wildman–Crippen MR) is 414 cm³/mol. The maximum atomic E-state index is 13.1. The maximum absolute atomic E-state index is 13.1. The Morgan fingerprint density at radius 2 is 0.505 bits per heavy atom.